The van der Waals surface area contributed by atoms with Gasteiger partial charge in [-0.15, -0.1) is 47.1 Å². The van der Waals surface area contributed by atoms with Crippen molar-refractivity contribution in [1.82, 2.24) is 20.5 Å². The number of hydrogen-bond acceptors (Lipinski definition) is 5. The van der Waals surface area contributed by atoms with E-state index in [-0.39, 0.29) is 36.4 Å². The molecule has 0 radical (unpaired) electrons. The molecule has 0 bridgehead atoms. The number of thiazole rings is 1. The van der Waals surface area contributed by atoms with Crippen molar-refractivity contribution < 1.29 is 4.79 Å². The smallest absolute Gasteiger partial charge is 0.243 e. The Hall–Kier alpha value is -1.33. The van der Waals surface area contributed by atoms with Crippen molar-refractivity contribution in [3.05, 3.63) is 46.4 Å². The van der Waals surface area contributed by atoms with Crippen LogP contribution in [0.25, 0.3) is 0 Å². The molecule has 1 aromatic heterocycles. The Bertz CT molecular complexity index is 765. The molecule has 2 rings (SSSR count). The molecule has 1 aromatic carbocycles. The van der Waals surface area contributed by atoms with E-state index in [1.165, 1.54) is 4.90 Å². The fourth-order valence-corrected chi connectivity index (χ4v) is 3.83. The largest absolute Gasteiger partial charge is 0.356 e. The standard InChI is InChI=1S/C20H29N5OS2.HI/c1-15(2)17-14-28-18(24-17)12-22-20(23-13-19(26)25(3)4)21-10-11-27-16-8-6-5-7-9-16;/h5-9,14-15H,10-13H2,1-4H3,(H2,21,22,23);1H. The zero-order valence-electron chi connectivity index (χ0n) is 17.3. The summed E-state index contributed by atoms with van der Waals surface area (Å²) in [5, 5.41) is 9.70. The van der Waals surface area contributed by atoms with E-state index in [0.717, 1.165) is 23.0 Å². The second-order valence-electron chi connectivity index (χ2n) is 6.72. The van der Waals surface area contributed by atoms with E-state index < -0.39 is 0 Å². The summed E-state index contributed by atoms with van der Waals surface area (Å²) in [6, 6.07) is 10.3. The zero-order chi connectivity index (χ0) is 20.4. The van der Waals surface area contributed by atoms with Crippen molar-refractivity contribution in [1.29, 1.82) is 0 Å². The minimum absolute atomic E-state index is 0. The van der Waals surface area contributed by atoms with E-state index in [4.69, 9.17) is 0 Å². The molecule has 2 aromatic rings. The molecule has 2 N–H and O–H groups in total. The SMILES string of the molecule is CC(C)c1csc(CNC(=NCC(=O)N(C)C)NCCSc2ccccc2)n1.I. The molecule has 0 aliphatic heterocycles. The van der Waals surface area contributed by atoms with Gasteiger partial charge in [-0.2, -0.15) is 0 Å². The number of thioether (sulfide) groups is 1. The number of amides is 1. The van der Waals surface area contributed by atoms with Crippen LogP contribution in [0.3, 0.4) is 0 Å². The first-order chi connectivity index (χ1) is 13.5. The van der Waals surface area contributed by atoms with Gasteiger partial charge in [-0.25, -0.2) is 9.98 Å². The van der Waals surface area contributed by atoms with E-state index in [2.05, 4.69) is 52.0 Å². The van der Waals surface area contributed by atoms with Gasteiger partial charge < -0.3 is 15.5 Å². The second kappa shape index (κ2) is 13.8. The van der Waals surface area contributed by atoms with E-state index in [9.17, 15) is 4.79 Å². The highest BCUT2D eigenvalue weighted by Gasteiger charge is 2.08. The van der Waals surface area contributed by atoms with Crippen LogP contribution in [0.5, 0.6) is 0 Å². The van der Waals surface area contributed by atoms with Gasteiger partial charge in [0.15, 0.2) is 5.96 Å². The average Bonchev–Trinajstić information content (AvgIpc) is 3.16. The Morgan fingerprint density at radius 2 is 1.97 bits per heavy atom. The van der Waals surface area contributed by atoms with Crippen LogP contribution in [0.4, 0.5) is 0 Å². The summed E-state index contributed by atoms with van der Waals surface area (Å²) < 4.78 is 0. The number of hydrogen-bond donors (Lipinski definition) is 2. The Morgan fingerprint density at radius 3 is 2.59 bits per heavy atom. The summed E-state index contributed by atoms with van der Waals surface area (Å²) in [5.41, 5.74) is 1.11. The van der Waals surface area contributed by atoms with Gasteiger partial charge in [0, 0.05) is 36.7 Å². The van der Waals surface area contributed by atoms with Gasteiger partial charge in [-0.3, -0.25) is 4.79 Å². The van der Waals surface area contributed by atoms with Gasteiger partial charge in [0.1, 0.15) is 11.6 Å². The Labute approximate surface area is 199 Å². The van der Waals surface area contributed by atoms with Gasteiger partial charge in [0.2, 0.25) is 5.91 Å². The molecule has 0 atom stereocenters. The lowest BCUT2D eigenvalue weighted by atomic mass is 10.2. The third kappa shape index (κ3) is 9.81. The summed E-state index contributed by atoms with van der Waals surface area (Å²) in [4.78, 5) is 23.7. The fourth-order valence-electron chi connectivity index (χ4n) is 2.15. The lowest BCUT2D eigenvalue weighted by molar-refractivity contribution is -0.127. The van der Waals surface area contributed by atoms with Gasteiger partial charge >= 0.3 is 0 Å². The monoisotopic (exact) mass is 547 g/mol. The van der Waals surface area contributed by atoms with Crippen LogP contribution >= 0.6 is 47.1 Å². The Balaban J connectivity index is 0.00000420. The third-order valence-corrected chi connectivity index (χ3v) is 5.73. The lowest BCUT2D eigenvalue weighted by Gasteiger charge is -2.13. The molecule has 0 fully saturated rings. The number of nitrogens with zero attached hydrogens (tertiary/aromatic N) is 3. The number of nitrogens with one attached hydrogen (secondary N) is 2. The van der Waals surface area contributed by atoms with Crippen LogP contribution < -0.4 is 10.6 Å². The maximum Gasteiger partial charge on any atom is 0.243 e. The van der Waals surface area contributed by atoms with E-state index in [1.807, 2.05) is 18.2 Å². The molecule has 1 amide bonds. The number of aromatic nitrogens is 1. The normalized spacial score (nSPS) is 11.1. The van der Waals surface area contributed by atoms with Crippen LogP contribution in [0, 0.1) is 0 Å². The number of guanidine groups is 1. The summed E-state index contributed by atoms with van der Waals surface area (Å²) >= 11 is 3.42. The molecule has 1 heterocycles. The first-order valence-electron chi connectivity index (χ1n) is 9.30. The molecular weight excluding hydrogens is 517 g/mol. The predicted molar refractivity (Wildman–Crippen MR) is 135 cm³/mol. The van der Waals surface area contributed by atoms with Crippen molar-refractivity contribution >= 4 is 58.9 Å². The van der Waals surface area contributed by atoms with Crippen molar-refractivity contribution in [2.45, 2.75) is 31.2 Å². The Kier molecular flexibility index (Phi) is 12.2. The number of carbonyl (C=O) groups is 1. The summed E-state index contributed by atoms with van der Waals surface area (Å²) in [6.07, 6.45) is 0. The number of likely N-dealkylation sites (N-methyl/N-ethyl adjacent to an activating group) is 1. The number of carbonyl (C=O) groups excluding carboxylic acids is 1. The van der Waals surface area contributed by atoms with Crippen molar-refractivity contribution in [2.75, 3.05) is 32.9 Å². The van der Waals surface area contributed by atoms with E-state index in [1.54, 1.807) is 42.1 Å². The molecule has 0 aliphatic rings. The number of rotatable bonds is 9. The molecule has 0 spiro atoms. The second-order valence-corrected chi connectivity index (χ2v) is 8.83. The maximum atomic E-state index is 11.9. The van der Waals surface area contributed by atoms with E-state index in [0.29, 0.717) is 18.4 Å². The summed E-state index contributed by atoms with van der Waals surface area (Å²) in [6.45, 7) is 5.72. The highest BCUT2D eigenvalue weighted by Crippen LogP contribution is 2.17. The van der Waals surface area contributed by atoms with Gasteiger partial charge in [0.25, 0.3) is 0 Å². The molecule has 160 valence electrons. The molecule has 9 heteroatoms. The predicted octanol–water partition coefficient (Wildman–Crippen LogP) is 3.80. The highest BCUT2D eigenvalue weighted by atomic mass is 127. The summed E-state index contributed by atoms with van der Waals surface area (Å²) in [7, 11) is 3.47. The minimum Gasteiger partial charge on any atom is -0.356 e. The number of halogens is 1. The fraction of sp³-hybridized carbons (Fsp3) is 0.450. The van der Waals surface area contributed by atoms with Crippen LogP contribution in [0.15, 0.2) is 45.6 Å². The maximum absolute atomic E-state index is 11.9. The quantitative estimate of drug-likeness (QED) is 0.164. The lowest BCUT2D eigenvalue weighted by Crippen LogP contribution is -2.39. The van der Waals surface area contributed by atoms with Crippen LogP contribution in [0.2, 0.25) is 0 Å². The molecule has 0 unspecified atom stereocenters. The molecule has 0 saturated carbocycles. The van der Waals surface area contributed by atoms with Gasteiger partial charge in [-0.05, 0) is 18.1 Å². The van der Waals surface area contributed by atoms with Crippen LogP contribution in [-0.4, -0.2) is 54.7 Å². The molecule has 29 heavy (non-hydrogen) atoms. The number of aliphatic imine (C=N–C) groups is 1. The zero-order valence-corrected chi connectivity index (χ0v) is 21.3. The molecular formula is C20H30IN5OS2. The number of benzene rings is 1. The van der Waals surface area contributed by atoms with Crippen molar-refractivity contribution in [3.63, 3.8) is 0 Å². The van der Waals surface area contributed by atoms with Crippen LogP contribution in [0.1, 0.15) is 30.5 Å². The van der Waals surface area contributed by atoms with Crippen LogP contribution in [-0.2, 0) is 11.3 Å². The molecule has 6 nitrogen and oxygen atoms in total. The van der Waals surface area contributed by atoms with Crippen molar-refractivity contribution in [3.8, 4) is 0 Å². The summed E-state index contributed by atoms with van der Waals surface area (Å²) in [5.74, 6) is 1.92. The topological polar surface area (TPSA) is 69.6 Å². The average molecular weight is 548 g/mol. The third-order valence-electron chi connectivity index (χ3n) is 3.85. The highest BCUT2D eigenvalue weighted by molar-refractivity contribution is 14.0. The minimum atomic E-state index is -0.0314. The molecule has 0 saturated heterocycles. The first-order valence-corrected chi connectivity index (χ1v) is 11.2. The van der Waals surface area contributed by atoms with Gasteiger partial charge in [0.05, 0.1) is 12.2 Å². The van der Waals surface area contributed by atoms with Crippen molar-refractivity contribution in [2.24, 2.45) is 4.99 Å². The van der Waals surface area contributed by atoms with E-state index >= 15 is 0 Å². The first kappa shape index (κ1) is 25.7. The Morgan fingerprint density at radius 1 is 1.24 bits per heavy atom. The van der Waals surface area contributed by atoms with Gasteiger partial charge in [-0.1, -0.05) is 32.0 Å². The molecule has 0 aliphatic carbocycles.